The minimum absolute atomic E-state index is 0.242. The number of thioether (sulfide) groups is 1. The first-order chi connectivity index (χ1) is 8.33. The van der Waals surface area contributed by atoms with Gasteiger partial charge in [-0.2, -0.15) is 0 Å². The summed E-state index contributed by atoms with van der Waals surface area (Å²) in [6, 6.07) is 10.5. The highest BCUT2D eigenvalue weighted by Crippen LogP contribution is 2.32. The highest BCUT2D eigenvalue weighted by Gasteiger charge is 2.38. The summed E-state index contributed by atoms with van der Waals surface area (Å²) in [6.07, 6.45) is 1.07. The van der Waals surface area contributed by atoms with Crippen LogP contribution in [-0.2, 0) is 11.3 Å². The van der Waals surface area contributed by atoms with Gasteiger partial charge in [0.2, 0.25) is 0 Å². The van der Waals surface area contributed by atoms with Crippen LogP contribution >= 0.6 is 11.8 Å². The highest BCUT2D eigenvalue weighted by atomic mass is 32.2. The van der Waals surface area contributed by atoms with Gasteiger partial charge in [0.15, 0.2) is 5.78 Å². The number of piperidine rings is 1. The summed E-state index contributed by atoms with van der Waals surface area (Å²) in [4.78, 5) is 14.4. The van der Waals surface area contributed by atoms with E-state index >= 15 is 0 Å². The molecule has 2 atom stereocenters. The quantitative estimate of drug-likeness (QED) is 0.799. The number of hydrogen-bond donors (Lipinski definition) is 0. The second-order valence-electron chi connectivity index (χ2n) is 4.93. The Morgan fingerprint density at radius 2 is 2.06 bits per heavy atom. The predicted molar refractivity (Wildman–Crippen MR) is 71.1 cm³/mol. The first-order valence-corrected chi connectivity index (χ1v) is 7.29. The molecule has 0 saturated carbocycles. The molecule has 0 aliphatic carbocycles. The number of rotatable bonds is 2. The van der Waals surface area contributed by atoms with E-state index in [4.69, 9.17) is 0 Å². The Kier molecular flexibility index (Phi) is 3.21. The minimum Gasteiger partial charge on any atom is -0.298 e. The summed E-state index contributed by atoms with van der Waals surface area (Å²) in [5.41, 5.74) is 1.35. The maximum atomic E-state index is 12.0. The first kappa shape index (κ1) is 11.3. The van der Waals surface area contributed by atoms with Gasteiger partial charge in [0, 0.05) is 25.6 Å². The molecule has 2 nitrogen and oxygen atoms in total. The molecule has 2 saturated heterocycles. The average Bonchev–Trinajstić information content (AvgIpc) is 2.32. The molecule has 0 aromatic heterocycles. The van der Waals surface area contributed by atoms with E-state index in [9.17, 15) is 4.79 Å². The predicted octanol–water partition coefficient (Wildman–Crippen LogP) is 2.19. The zero-order chi connectivity index (χ0) is 11.7. The molecule has 0 N–H and O–H groups in total. The minimum atomic E-state index is 0.242. The van der Waals surface area contributed by atoms with Crippen LogP contribution in [0, 0.1) is 5.92 Å². The zero-order valence-electron chi connectivity index (χ0n) is 9.84. The molecular weight excluding hydrogens is 230 g/mol. The number of benzene rings is 1. The third-order valence-corrected chi connectivity index (χ3v) is 4.91. The Morgan fingerprint density at radius 1 is 1.24 bits per heavy atom. The van der Waals surface area contributed by atoms with Crippen molar-refractivity contribution in [3.63, 3.8) is 0 Å². The number of likely N-dealkylation sites (tertiary alicyclic amines) is 1. The van der Waals surface area contributed by atoms with Crippen LogP contribution in [0.1, 0.15) is 12.0 Å². The molecule has 3 rings (SSSR count). The van der Waals surface area contributed by atoms with E-state index in [2.05, 4.69) is 29.2 Å². The zero-order valence-corrected chi connectivity index (χ0v) is 10.7. The second kappa shape index (κ2) is 4.83. The maximum absolute atomic E-state index is 12.0. The van der Waals surface area contributed by atoms with Gasteiger partial charge in [-0.1, -0.05) is 30.3 Å². The van der Waals surface area contributed by atoms with Crippen LogP contribution in [0.5, 0.6) is 0 Å². The van der Waals surface area contributed by atoms with Crippen molar-refractivity contribution in [2.24, 2.45) is 5.92 Å². The number of nitrogens with zero attached hydrogens (tertiary/aromatic N) is 1. The SMILES string of the molecule is O=C1[C@@H]2CCS[C@H]1CN(Cc1ccccc1)C2. The molecule has 2 aliphatic heterocycles. The van der Waals surface area contributed by atoms with Gasteiger partial charge in [-0.05, 0) is 17.7 Å². The van der Waals surface area contributed by atoms with Crippen molar-refractivity contribution in [3.05, 3.63) is 35.9 Å². The number of hydrogen-bond acceptors (Lipinski definition) is 3. The van der Waals surface area contributed by atoms with Crippen LogP contribution in [0.4, 0.5) is 0 Å². The molecule has 0 unspecified atom stereocenters. The van der Waals surface area contributed by atoms with Gasteiger partial charge in [-0.3, -0.25) is 9.69 Å². The van der Waals surface area contributed by atoms with Crippen LogP contribution in [0.2, 0.25) is 0 Å². The van der Waals surface area contributed by atoms with E-state index in [1.807, 2.05) is 17.8 Å². The third-order valence-electron chi connectivity index (χ3n) is 3.66. The van der Waals surface area contributed by atoms with E-state index < -0.39 is 0 Å². The summed E-state index contributed by atoms with van der Waals surface area (Å²) in [6.45, 7) is 2.89. The fourth-order valence-electron chi connectivity index (χ4n) is 2.76. The van der Waals surface area contributed by atoms with Gasteiger partial charge in [0.1, 0.15) is 0 Å². The molecule has 1 aromatic rings. The van der Waals surface area contributed by atoms with Crippen molar-refractivity contribution < 1.29 is 4.79 Å². The van der Waals surface area contributed by atoms with Crippen LogP contribution in [0.3, 0.4) is 0 Å². The molecule has 17 heavy (non-hydrogen) atoms. The van der Waals surface area contributed by atoms with Crippen molar-refractivity contribution in [1.29, 1.82) is 0 Å². The van der Waals surface area contributed by atoms with Crippen molar-refractivity contribution >= 4 is 17.5 Å². The van der Waals surface area contributed by atoms with Crippen molar-refractivity contribution in [2.75, 3.05) is 18.8 Å². The Labute approximate surface area is 106 Å². The van der Waals surface area contributed by atoms with Gasteiger partial charge in [-0.25, -0.2) is 0 Å². The summed E-state index contributed by atoms with van der Waals surface area (Å²) in [7, 11) is 0. The van der Waals surface area contributed by atoms with E-state index in [-0.39, 0.29) is 5.25 Å². The van der Waals surface area contributed by atoms with Crippen molar-refractivity contribution in [2.45, 2.75) is 18.2 Å². The van der Waals surface area contributed by atoms with Crippen LogP contribution in [0.25, 0.3) is 0 Å². The first-order valence-electron chi connectivity index (χ1n) is 6.24. The normalized spacial score (nSPS) is 29.3. The maximum Gasteiger partial charge on any atom is 0.151 e. The lowest BCUT2D eigenvalue weighted by molar-refractivity contribution is -0.126. The van der Waals surface area contributed by atoms with Crippen LogP contribution < -0.4 is 0 Å². The molecule has 0 spiro atoms. The van der Waals surface area contributed by atoms with Crippen LogP contribution in [-0.4, -0.2) is 34.8 Å². The summed E-state index contributed by atoms with van der Waals surface area (Å²) in [5, 5.41) is 0.242. The molecule has 2 aliphatic rings. The monoisotopic (exact) mass is 247 g/mol. The van der Waals surface area contributed by atoms with E-state index in [1.165, 1.54) is 11.3 Å². The van der Waals surface area contributed by atoms with Gasteiger partial charge in [0.25, 0.3) is 0 Å². The Hall–Kier alpha value is -0.800. The third kappa shape index (κ3) is 2.40. The fraction of sp³-hybridized carbons (Fsp3) is 0.500. The lowest BCUT2D eigenvalue weighted by atomic mass is 9.93. The fourth-order valence-corrected chi connectivity index (χ4v) is 4.13. The smallest absolute Gasteiger partial charge is 0.151 e. The summed E-state index contributed by atoms with van der Waals surface area (Å²) < 4.78 is 0. The molecule has 3 heteroatoms. The molecule has 0 amide bonds. The van der Waals surface area contributed by atoms with E-state index in [0.29, 0.717) is 11.7 Å². The average molecular weight is 247 g/mol. The lowest BCUT2D eigenvalue weighted by Gasteiger charge is -2.39. The standard InChI is InChI=1S/C14H17NOS/c16-14-12-6-7-17-13(14)10-15(9-12)8-11-4-2-1-3-5-11/h1-5,12-13H,6-10H2/t12-,13+/m1/s1. The molecule has 2 fully saturated rings. The number of ketones is 1. The van der Waals surface area contributed by atoms with Gasteiger partial charge in [-0.15, -0.1) is 11.8 Å². The Balaban J connectivity index is 1.68. The Morgan fingerprint density at radius 3 is 2.82 bits per heavy atom. The number of carbonyl (C=O) groups is 1. The van der Waals surface area contributed by atoms with E-state index in [1.54, 1.807) is 0 Å². The van der Waals surface area contributed by atoms with Crippen molar-refractivity contribution in [3.8, 4) is 0 Å². The second-order valence-corrected chi connectivity index (χ2v) is 6.24. The lowest BCUT2D eigenvalue weighted by Crippen LogP contribution is -2.50. The molecule has 2 heterocycles. The number of fused-ring (bicyclic) bond motifs is 2. The Bertz CT molecular complexity index is 390. The van der Waals surface area contributed by atoms with Gasteiger partial charge >= 0.3 is 0 Å². The molecule has 2 bridgehead atoms. The molecule has 1 aromatic carbocycles. The number of Topliss-reactive ketones (excluding diaryl/α,β-unsaturated/α-hetero) is 1. The molecular formula is C14H17NOS. The molecule has 0 radical (unpaired) electrons. The largest absolute Gasteiger partial charge is 0.298 e. The van der Waals surface area contributed by atoms with E-state index in [0.717, 1.165) is 26.1 Å². The highest BCUT2D eigenvalue weighted by molar-refractivity contribution is 8.00. The topological polar surface area (TPSA) is 20.3 Å². The molecule has 90 valence electrons. The van der Waals surface area contributed by atoms with Crippen molar-refractivity contribution in [1.82, 2.24) is 4.90 Å². The van der Waals surface area contributed by atoms with Gasteiger partial charge in [0.05, 0.1) is 5.25 Å². The summed E-state index contributed by atoms with van der Waals surface area (Å²) >= 11 is 1.85. The number of carbonyl (C=O) groups excluding carboxylic acids is 1. The summed E-state index contributed by atoms with van der Waals surface area (Å²) in [5.74, 6) is 1.98. The van der Waals surface area contributed by atoms with Crippen LogP contribution in [0.15, 0.2) is 30.3 Å². The van der Waals surface area contributed by atoms with Gasteiger partial charge < -0.3 is 0 Å².